The van der Waals surface area contributed by atoms with E-state index in [1.807, 2.05) is 26.0 Å². The van der Waals surface area contributed by atoms with E-state index in [-0.39, 0.29) is 5.43 Å². The van der Waals surface area contributed by atoms with E-state index in [4.69, 9.17) is 25.9 Å². The maximum atomic E-state index is 5.85. The monoisotopic (exact) mass is 872 g/mol. The summed E-state index contributed by atoms with van der Waals surface area (Å²) in [4.78, 5) is 0. The van der Waals surface area contributed by atoms with Crippen LogP contribution in [0.2, 0.25) is 13.1 Å². The third-order valence-electron chi connectivity index (χ3n) is 10.5. The molecular weight excluding hydrogens is 823 g/mol. The Kier molecular flexibility index (Phi) is 14.4. The Morgan fingerprint density at radius 3 is 1.21 bits per heavy atom. The van der Waals surface area contributed by atoms with E-state index in [0.717, 1.165) is 59.9 Å². The summed E-state index contributed by atoms with van der Waals surface area (Å²) in [6, 6.07) is 43.8. The summed E-state index contributed by atoms with van der Waals surface area (Å²) in [7, 11) is 11.2. The molecule has 8 rings (SSSR count). The molecule has 0 spiro atoms. The van der Waals surface area contributed by atoms with Gasteiger partial charge in [0.15, 0.2) is 0 Å². The zero-order valence-corrected chi connectivity index (χ0v) is 38.9. The van der Waals surface area contributed by atoms with Gasteiger partial charge in [0.25, 0.3) is 0 Å². The minimum absolute atomic E-state index is 0.224. The molecule has 0 saturated heterocycles. The van der Waals surface area contributed by atoms with Gasteiger partial charge in [0.2, 0.25) is 0 Å². The molecule has 6 heteroatoms. The first-order valence-corrected chi connectivity index (χ1v) is 32.3. The molecule has 0 aliphatic carbocycles. The first-order chi connectivity index (χ1) is 27.1. The van der Waals surface area contributed by atoms with E-state index in [9.17, 15) is 0 Å². The summed E-state index contributed by atoms with van der Waals surface area (Å²) in [6.07, 6.45) is 4.15. The van der Waals surface area contributed by atoms with Crippen molar-refractivity contribution in [2.75, 3.05) is 0 Å². The van der Waals surface area contributed by atoms with Gasteiger partial charge in [0.1, 0.15) is 0 Å². The fourth-order valence-electron chi connectivity index (χ4n) is 7.49. The van der Waals surface area contributed by atoms with Gasteiger partial charge in [0.05, 0.1) is 23.0 Å². The Balaban J connectivity index is 0.000000166. The molecule has 0 amide bonds. The van der Waals surface area contributed by atoms with Crippen LogP contribution in [-0.2, 0) is 43.7 Å². The summed E-state index contributed by atoms with van der Waals surface area (Å²) in [5, 5.41) is 5.21. The van der Waals surface area contributed by atoms with E-state index >= 15 is 0 Å². The maximum absolute atomic E-state index is 5.85. The molecule has 8 aromatic rings. The Morgan fingerprint density at radius 2 is 0.893 bits per heavy atom. The Bertz CT molecular complexity index is 2430. The van der Waals surface area contributed by atoms with Crippen LogP contribution in [0.15, 0.2) is 130 Å². The topological polar surface area (TPSA) is 26.3 Å². The summed E-state index contributed by atoms with van der Waals surface area (Å²) in [6.45, 7) is 17.2. The molecule has 0 aliphatic heterocycles. The average Bonchev–Trinajstić information content (AvgIpc) is 4.04. The van der Waals surface area contributed by atoms with Crippen LogP contribution in [0.25, 0.3) is 66.4 Å². The third-order valence-corrected chi connectivity index (χ3v) is 30.2. The van der Waals surface area contributed by atoms with Crippen LogP contribution in [0.4, 0.5) is 0 Å². The molecule has 56 heavy (non-hydrogen) atoms. The van der Waals surface area contributed by atoms with Crippen LogP contribution in [0.5, 0.6) is 0 Å². The predicted molar refractivity (Wildman–Crippen MR) is 242 cm³/mol. The standard InChI is InChI=1S/2C24H23O.C2H6Si.2ClH.Zr/c2*1-4-17-8-6-7-9-21(17)24-18(5-2)11-12-19-14-20(15-22(19)24)23-13-10-16(3)25-23;1-3-2;;;/h2*6-15H,4-5H2,1-3H3;1-2H3;2*1H;/q2*-1;;;;+2/p-2. The summed E-state index contributed by atoms with van der Waals surface area (Å²) < 4.78 is 11.7. The quantitative estimate of drug-likeness (QED) is 0.112. The first kappa shape index (κ1) is 42.0. The van der Waals surface area contributed by atoms with Crippen molar-refractivity contribution in [3.8, 4) is 44.9 Å². The van der Waals surface area contributed by atoms with Crippen molar-refractivity contribution < 1.29 is 26.8 Å². The van der Waals surface area contributed by atoms with Crippen LogP contribution in [0.3, 0.4) is 0 Å². The number of furan rings is 2. The second-order valence-electron chi connectivity index (χ2n) is 14.5. The van der Waals surface area contributed by atoms with Crippen molar-refractivity contribution in [1.82, 2.24) is 0 Å². The molecule has 2 aromatic heterocycles. The normalized spacial score (nSPS) is 11.0. The van der Waals surface area contributed by atoms with Crippen molar-refractivity contribution in [2.45, 2.75) is 80.3 Å². The second kappa shape index (κ2) is 19.2. The van der Waals surface area contributed by atoms with E-state index in [1.54, 1.807) is 0 Å². The first-order valence-electron chi connectivity index (χ1n) is 19.8. The van der Waals surface area contributed by atoms with E-state index in [2.05, 4.69) is 150 Å². The summed E-state index contributed by atoms with van der Waals surface area (Å²) >= 11 is -1.65. The van der Waals surface area contributed by atoms with Gasteiger partial charge >= 0.3 is 53.5 Å². The molecular formula is C50H52Cl2O2SiZr-2. The zero-order valence-electron chi connectivity index (χ0n) is 33.9. The average molecular weight is 875 g/mol. The third kappa shape index (κ3) is 9.37. The van der Waals surface area contributed by atoms with Crippen molar-refractivity contribution in [2.24, 2.45) is 0 Å². The number of aryl methyl sites for hydroxylation is 6. The van der Waals surface area contributed by atoms with Gasteiger partial charge in [-0.25, -0.2) is 0 Å². The summed E-state index contributed by atoms with van der Waals surface area (Å²) in [5.74, 6) is 3.79. The van der Waals surface area contributed by atoms with Crippen LogP contribution in [0, 0.1) is 13.8 Å². The Morgan fingerprint density at radius 1 is 0.518 bits per heavy atom. The van der Waals surface area contributed by atoms with Gasteiger partial charge < -0.3 is 8.83 Å². The van der Waals surface area contributed by atoms with Gasteiger partial charge in [-0.3, -0.25) is 0 Å². The van der Waals surface area contributed by atoms with Gasteiger partial charge in [-0.2, -0.15) is 0 Å². The van der Waals surface area contributed by atoms with Crippen molar-refractivity contribution in [3.63, 3.8) is 0 Å². The minimum atomic E-state index is -1.65. The van der Waals surface area contributed by atoms with Crippen molar-refractivity contribution >= 4 is 44.0 Å². The number of rotatable bonds is 8. The Hall–Kier alpha value is -3.66. The van der Waals surface area contributed by atoms with E-state index < -0.39 is 18.0 Å². The summed E-state index contributed by atoms with van der Waals surface area (Å²) in [5.41, 5.74) is 13.2. The molecule has 288 valence electrons. The van der Waals surface area contributed by atoms with Gasteiger partial charge in [-0.05, 0) is 97.2 Å². The molecule has 0 fully saturated rings. The van der Waals surface area contributed by atoms with Gasteiger partial charge in [0, 0.05) is 0 Å². The number of halogens is 2. The van der Waals surface area contributed by atoms with Crippen LogP contribution in [-0.4, -0.2) is 5.43 Å². The van der Waals surface area contributed by atoms with Crippen molar-refractivity contribution in [3.05, 3.63) is 155 Å². The molecule has 0 atom stereocenters. The van der Waals surface area contributed by atoms with Crippen LogP contribution in [0.1, 0.15) is 61.5 Å². The number of hydrogen-bond acceptors (Lipinski definition) is 2. The number of hydrogen-bond donors (Lipinski definition) is 0. The molecule has 2 heterocycles. The number of benzene rings is 4. The zero-order chi connectivity index (χ0) is 39.9. The van der Waals surface area contributed by atoms with Crippen LogP contribution < -0.4 is 0 Å². The van der Waals surface area contributed by atoms with Gasteiger partial charge in [-0.1, -0.05) is 111 Å². The molecule has 0 unspecified atom stereocenters. The van der Waals surface area contributed by atoms with Crippen LogP contribution >= 0.6 is 17.0 Å². The molecule has 0 saturated carbocycles. The molecule has 2 nitrogen and oxygen atoms in total. The fraction of sp³-hybridized carbons (Fsp3) is 0.240. The molecule has 0 aliphatic rings. The van der Waals surface area contributed by atoms with E-state index in [1.165, 1.54) is 66.1 Å². The van der Waals surface area contributed by atoms with Crippen molar-refractivity contribution in [1.29, 1.82) is 0 Å². The molecule has 6 aromatic carbocycles. The molecule has 0 N–H and O–H groups in total. The fourth-order valence-corrected chi connectivity index (χ4v) is 7.49. The number of fused-ring (bicyclic) bond motifs is 2. The second-order valence-corrected chi connectivity index (χ2v) is 37.5. The molecule has 0 bridgehead atoms. The molecule has 0 radical (unpaired) electrons. The van der Waals surface area contributed by atoms with Gasteiger partial charge in [-0.15, -0.1) is 57.9 Å². The predicted octanol–water partition coefficient (Wildman–Crippen LogP) is 16.0. The van der Waals surface area contributed by atoms with E-state index in [0.29, 0.717) is 0 Å². The Labute approximate surface area is 348 Å². The SMILES string of the molecule is CCc1ccccc1-c1c(CC)ccc2[cH-]c(-c3ccc(C)o3)cc12.CCc1ccccc1-c1c(CC)ccc2[cH-]c(-c3ccc(C)o3)cc12.C[Si](C)=[Zr]([Cl])[Cl].